The normalized spacial score (nSPS) is 15.2. The molecule has 0 spiro atoms. The van der Waals surface area contributed by atoms with Crippen LogP contribution in [0.25, 0.3) is 0 Å². The monoisotopic (exact) mass is 274 g/mol. The van der Waals surface area contributed by atoms with Crippen molar-refractivity contribution in [1.82, 2.24) is 9.71 Å². The summed E-state index contributed by atoms with van der Waals surface area (Å²) in [6.45, 7) is 7.39. The van der Waals surface area contributed by atoms with Gasteiger partial charge in [-0.25, -0.2) is 18.3 Å². The van der Waals surface area contributed by atoms with Crippen molar-refractivity contribution in [3.63, 3.8) is 0 Å². The molecule has 102 valence electrons. The first kappa shape index (κ1) is 15.0. The Hall–Kier alpha value is -1.01. The molecular formula is C12H19FN2O2S. The number of methoxy groups -OCH3 is 1. The van der Waals surface area contributed by atoms with Crippen molar-refractivity contribution >= 4 is 11.0 Å². The SMILES string of the molecule is COc1ncc(F)cc1[C@@H](C)NS(=O)C(C)(C)C. The van der Waals surface area contributed by atoms with Gasteiger partial charge in [-0.1, -0.05) is 0 Å². The maximum absolute atomic E-state index is 13.2. The molecular weight excluding hydrogens is 255 g/mol. The van der Waals surface area contributed by atoms with Gasteiger partial charge in [-0.3, -0.25) is 0 Å². The summed E-state index contributed by atoms with van der Waals surface area (Å²) < 4.78 is 32.8. The lowest BCUT2D eigenvalue weighted by molar-refractivity contribution is 0.386. The fraction of sp³-hybridized carbons (Fsp3) is 0.583. The van der Waals surface area contributed by atoms with E-state index in [1.54, 1.807) is 6.92 Å². The smallest absolute Gasteiger partial charge is 0.218 e. The van der Waals surface area contributed by atoms with Gasteiger partial charge in [0, 0.05) is 11.6 Å². The van der Waals surface area contributed by atoms with Crippen LogP contribution in [-0.2, 0) is 11.0 Å². The van der Waals surface area contributed by atoms with Gasteiger partial charge in [0.25, 0.3) is 0 Å². The quantitative estimate of drug-likeness (QED) is 0.917. The van der Waals surface area contributed by atoms with Crippen molar-refractivity contribution in [2.45, 2.75) is 38.5 Å². The zero-order chi connectivity index (χ0) is 13.9. The van der Waals surface area contributed by atoms with Crippen molar-refractivity contribution < 1.29 is 13.3 Å². The lowest BCUT2D eigenvalue weighted by atomic mass is 10.1. The number of rotatable bonds is 4. The highest BCUT2D eigenvalue weighted by atomic mass is 32.2. The lowest BCUT2D eigenvalue weighted by Gasteiger charge is -2.22. The van der Waals surface area contributed by atoms with Gasteiger partial charge in [0.1, 0.15) is 5.82 Å². The number of hydrogen-bond acceptors (Lipinski definition) is 3. The van der Waals surface area contributed by atoms with E-state index in [0.29, 0.717) is 11.4 Å². The van der Waals surface area contributed by atoms with Crippen LogP contribution in [0.2, 0.25) is 0 Å². The number of pyridine rings is 1. The third kappa shape index (κ3) is 3.74. The second-order valence-electron chi connectivity index (χ2n) is 4.97. The average Bonchev–Trinajstić information content (AvgIpc) is 2.27. The fourth-order valence-electron chi connectivity index (χ4n) is 1.32. The molecule has 1 heterocycles. The van der Waals surface area contributed by atoms with Gasteiger partial charge < -0.3 is 4.74 Å². The van der Waals surface area contributed by atoms with Crippen LogP contribution < -0.4 is 9.46 Å². The highest BCUT2D eigenvalue weighted by Gasteiger charge is 2.23. The number of nitrogens with one attached hydrogen (secondary N) is 1. The Bertz CT molecular complexity index is 446. The van der Waals surface area contributed by atoms with Gasteiger partial charge in [-0.05, 0) is 33.8 Å². The van der Waals surface area contributed by atoms with Crippen LogP contribution in [-0.4, -0.2) is 21.0 Å². The number of ether oxygens (including phenoxy) is 1. The summed E-state index contributed by atoms with van der Waals surface area (Å²) in [7, 11) is 0.229. The van der Waals surface area contributed by atoms with E-state index < -0.39 is 16.8 Å². The molecule has 0 fully saturated rings. The third-order valence-electron chi connectivity index (χ3n) is 2.35. The molecule has 0 bridgehead atoms. The van der Waals surface area contributed by atoms with E-state index in [0.717, 1.165) is 6.20 Å². The number of nitrogens with zero attached hydrogens (tertiary/aromatic N) is 1. The second-order valence-corrected chi connectivity index (χ2v) is 6.97. The predicted octanol–water partition coefficient (Wildman–Crippen LogP) is 2.34. The predicted molar refractivity (Wildman–Crippen MR) is 70.2 cm³/mol. The topological polar surface area (TPSA) is 51.2 Å². The highest BCUT2D eigenvalue weighted by Crippen LogP contribution is 2.24. The van der Waals surface area contributed by atoms with E-state index in [2.05, 4.69) is 9.71 Å². The first-order chi connectivity index (χ1) is 8.25. The molecule has 0 amide bonds. The fourth-order valence-corrected chi connectivity index (χ4v) is 2.13. The minimum absolute atomic E-state index is 0.316. The van der Waals surface area contributed by atoms with Crippen molar-refractivity contribution in [2.75, 3.05) is 7.11 Å². The van der Waals surface area contributed by atoms with E-state index in [1.807, 2.05) is 20.8 Å². The van der Waals surface area contributed by atoms with E-state index >= 15 is 0 Å². The Labute approximate surface area is 110 Å². The second kappa shape index (κ2) is 5.75. The Morgan fingerprint density at radius 3 is 2.61 bits per heavy atom. The molecule has 1 rings (SSSR count). The van der Waals surface area contributed by atoms with E-state index in [9.17, 15) is 8.60 Å². The highest BCUT2D eigenvalue weighted by molar-refractivity contribution is 7.84. The number of aromatic nitrogens is 1. The number of halogens is 1. The minimum atomic E-state index is -1.24. The number of hydrogen-bond donors (Lipinski definition) is 1. The first-order valence-corrected chi connectivity index (χ1v) is 6.78. The Morgan fingerprint density at radius 2 is 2.11 bits per heavy atom. The van der Waals surface area contributed by atoms with Gasteiger partial charge in [-0.15, -0.1) is 0 Å². The van der Waals surface area contributed by atoms with E-state index in [-0.39, 0.29) is 10.8 Å². The summed E-state index contributed by atoms with van der Waals surface area (Å²) in [4.78, 5) is 3.85. The summed E-state index contributed by atoms with van der Waals surface area (Å²) in [5.41, 5.74) is 0.551. The van der Waals surface area contributed by atoms with Crippen LogP contribution in [0, 0.1) is 5.82 Å². The molecule has 1 unspecified atom stereocenters. The van der Waals surface area contributed by atoms with Crippen molar-refractivity contribution in [1.29, 1.82) is 0 Å². The van der Waals surface area contributed by atoms with Crippen molar-refractivity contribution in [3.8, 4) is 5.88 Å². The van der Waals surface area contributed by atoms with Crippen LogP contribution in [0.15, 0.2) is 12.3 Å². The minimum Gasteiger partial charge on any atom is -0.481 e. The van der Waals surface area contributed by atoms with Gasteiger partial charge in [-0.2, -0.15) is 0 Å². The van der Waals surface area contributed by atoms with Gasteiger partial charge >= 0.3 is 0 Å². The molecule has 0 aliphatic rings. The van der Waals surface area contributed by atoms with Crippen LogP contribution in [0.1, 0.15) is 39.3 Å². The van der Waals surface area contributed by atoms with Crippen LogP contribution in [0.4, 0.5) is 4.39 Å². The summed E-state index contributed by atoms with van der Waals surface area (Å²) in [5, 5.41) is 0. The largest absolute Gasteiger partial charge is 0.481 e. The van der Waals surface area contributed by atoms with E-state index in [1.165, 1.54) is 13.2 Å². The molecule has 18 heavy (non-hydrogen) atoms. The maximum atomic E-state index is 13.2. The molecule has 2 atom stereocenters. The molecule has 1 N–H and O–H groups in total. The Morgan fingerprint density at radius 1 is 1.50 bits per heavy atom. The van der Waals surface area contributed by atoms with Crippen LogP contribution in [0.5, 0.6) is 5.88 Å². The third-order valence-corrected chi connectivity index (χ3v) is 4.03. The summed E-state index contributed by atoms with van der Waals surface area (Å²) in [6.07, 6.45) is 1.09. The van der Waals surface area contributed by atoms with Gasteiger partial charge in [0.05, 0.1) is 29.0 Å². The molecule has 1 aromatic heterocycles. The van der Waals surface area contributed by atoms with Gasteiger partial charge in [0.2, 0.25) is 5.88 Å². The summed E-state index contributed by atoms with van der Waals surface area (Å²) in [5.74, 6) is -0.108. The zero-order valence-corrected chi connectivity index (χ0v) is 12.1. The van der Waals surface area contributed by atoms with Crippen LogP contribution in [0.3, 0.4) is 0 Å². The van der Waals surface area contributed by atoms with Crippen molar-refractivity contribution in [2.24, 2.45) is 0 Å². The van der Waals surface area contributed by atoms with Crippen molar-refractivity contribution in [3.05, 3.63) is 23.6 Å². The molecule has 0 aliphatic carbocycles. The Balaban J connectivity index is 2.93. The lowest BCUT2D eigenvalue weighted by Crippen LogP contribution is -2.35. The maximum Gasteiger partial charge on any atom is 0.218 e. The molecule has 6 heteroatoms. The molecule has 0 saturated heterocycles. The summed E-state index contributed by atoms with van der Waals surface area (Å²) in [6, 6.07) is 1.02. The van der Waals surface area contributed by atoms with Gasteiger partial charge in [0.15, 0.2) is 0 Å². The van der Waals surface area contributed by atoms with Crippen LogP contribution >= 0.6 is 0 Å². The zero-order valence-electron chi connectivity index (χ0n) is 11.3. The molecule has 0 radical (unpaired) electrons. The molecule has 1 aromatic rings. The summed E-state index contributed by atoms with van der Waals surface area (Å²) >= 11 is 0. The molecule has 4 nitrogen and oxygen atoms in total. The molecule has 0 aromatic carbocycles. The standard InChI is InChI=1S/C12H19FN2O2S/c1-8(15-18(16)12(2,3)4)10-6-9(13)7-14-11(10)17-5/h6-8,15H,1-5H3/t8-,18?/m1/s1. The molecule has 0 saturated carbocycles. The Kier molecular flexibility index (Phi) is 4.81. The average molecular weight is 274 g/mol. The first-order valence-electron chi connectivity index (χ1n) is 5.63. The van der Waals surface area contributed by atoms with E-state index in [4.69, 9.17) is 4.74 Å². The molecule has 0 aliphatic heterocycles.